The lowest BCUT2D eigenvalue weighted by atomic mass is 10.0. The van der Waals surface area contributed by atoms with Crippen molar-refractivity contribution in [1.29, 1.82) is 0 Å². The van der Waals surface area contributed by atoms with Crippen molar-refractivity contribution in [2.24, 2.45) is 0 Å². The van der Waals surface area contributed by atoms with Crippen molar-refractivity contribution in [2.75, 3.05) is 39.6 Å². The van der Waals surface area contributed by atoms with Crippen molar-refractivity contribution < 1.29 is 80.2 Å². The second-order valence-corrected chi connectivity index (χ2v) is 29.5. The molecule has 0 aromatic heterocycles. The molecule has 0 heterocycles. The third-order valence-corrected chi connectivity index (χ3v) is 18.7. The van der Waals surface area contributed by atoms with Gasteiger partial charge < -0.3 is 33.8 Å². The Morgan fingerprint density at radius 3 is 0.843 bits per heavy atom. The smallest absolute Gasteiger partial charge is 0.462 e. The Morgan fingerprint density at radius 2 is 0.520 bits per heavy atom. The summed E-state index contributed by atoms with van der Waals surface area (Å²) in [6, 6.07) is 0. The average molecular weight is 1480 g/mol. The SMILES string of the molecule is CC/C=C\C/C=C\C/C=C\C/C=C\C/C=C\CCCCCC(=O)O[C@H](COC(=O)CCCCCCCCCCCCCCC)COP(=O)(O)OC[C@@H](O)COP(=O)(O)OC[C@@H](COC(=O)CCCCCCCCCCCCCCC)OC(=O)CCC/C=C\C/C=C\C/C=C\C/C=C\CCCCC. The largest absolute Gasteiger partial charge is 0.472 e. The van der Waals surface area contributed by atoms with Crippen LogP contribution in [0.15, 0.2) is 109 Å². The number of aliphatic hydroxyl groups is 1. The number of carbonyl (C=O) groups excluding carboxylic acids is 4. The van der Waals surface area contributed by atoms with Crippen molar-refractivity contribution >= 4 is 39.5 Å². The maximum atomic E-state index is 13.1. The maximum Gasteiger partial charge on any atom is 0.472 e. The molecule has 0 bridgehead atoms. The van der Waals surface area contributed by atoms with Gasteiger partial charge in [0.25, 0.3) is 0 Å². The quantitative estimate of drug-likeness (QED) is 0.0169. The van der Waals surface area contributed by atoms with Crippen molar-refractivity contribution in [3.05, 3.63) is 109 Å². The third kappa shape index (κ3) is 74.0. The Hall–Kier alpha value is -4.28. The van der Waals surface area contributed by atoms with Gasteiger partial charge in [0.1, 0.15) is 19.3 Å². The number of phosphoric ester groups is 2. The zero-order valence-electron chi connectivity index (χ0n) is 64.3. The van der Waals surface area contributed by atoms with Gasteiger partial charge in [-0.3, -0.25) is 37.3 Å². The molecule has 0 radical (unpaired) electrons. The Kier molecular flexibility index (Phi) is 71.8. The lowest BCUT2D eigenvalue weighted by Crippen LogP contribution is -2.30. The molecule has 0 amide bonds. The first-order valence-electron chi connectivity index (χ1n) is 40.1. The number of hydrogen-bond donors (Lipinski definition) is 3. The highest BCUT2D eigenvalue weighted by Gasteiger charge is 2.30. The van der Waals surface area contributed by atoms with Gasteiger partial charge in [0, 0.05) is 25.7 Å². The Labute approximate surface area is 619 Å². The van der Waals surface area contributed by atoms with E-state index in [9.17, 15) is 43.2 Å². The summed E-state index contributed by atoms with van der Waals surface area (Å²) in [5, 5.41) is 10.6. The normalized spacial score (nSPS) is 14.5. The minimum atomic E-state index is -4.99. The van der Waals surface area contributed by atoms with Crippen LogP contribution < -0.4 is 0 Å². The predicted molar refractivity (Wildman–Crippen MR) is 418 cm³/mol. The highest BCUT2D eigenvalue weighted by atomic mass is 31.2. The monoisotopic (exact) mass is 1470 g/mol. The molecular weight excluding hydrogens is 1330 g/mol. The van der Waals surface area contributed by atoms with E-state index in [1.165, 1.54) is 135 Å². The molecule has 0 saturated heterocycles. The average Bonchev–Trinajstić information content (AvgIpc) is 1.04. The van der Waals surface area contributed by atoms with E-state index >= 15 is 0 Å². The van der Waals surface area contributed by atoms with Crippen LogP contribution >= 0.6 is 15.6 Å². The van der Waals surface area contributed by atoms with Gasteiger partial charge in [-0.2, -0.15) is 0 Å². The molecule has 3 N–H and O–H groups in total. The van der Waals surface area contributed by atoms with Crippen LogP contribution in [0.5, 0.6) is 0 Å². The number of aliphatic hydroxyl groups excluding tert-OH is 1. The van der Waals surface area contributed by atoms with Crippen LogP contribution in [0.2, 0.25) is 0 Å². The zero-order chi connectivity index (χ0) is 74.6. The summed E-state index contributed by atoms with van der Waals surface area (Å²) in [4.78, 5) is 73.0. The van der Waals surface area contributed by atoms with E-state index in [1.54, 1.807) is 0 Å². The first-order chi connectivity index (χ1) is 49.7. The zero-order valence-corrected chi connectivity index (χ0v) is 66.0. The minimum Gasteiger partial charge on any atom is -0.462 e. The standard InChI is InChI=1S/C83H144O17P2/c1-5-9-13-17-21-25-29-33-35-37-38-40-42-46-50-54-58-62-66-70-83(88)100-79(74-94-81(86)68-64-60-56-52-48-44-32-28-24-20-16-12-8-4)76-98-102(91,92)96-72-77(84)71-95-101(89,90)97-75-78(73-93-80(85)67-63-59-55-51-47-43-31-27-23-19-15-11-7-3)99-82(87)69-65-61-57-53-49-45-41-39-36-34-30-26-22-18-14-10-6-2/h9,13,21-22,25-26,33-36,38,40-41,45-46,50,53,57,77-79,84H,5-8,10-12,14-20,23-24,27-32,37,39,42-44,47-49,51-52,54-56,58-76H2,1-4H3,(H,89,90)(H,91,92)/b13-9-,25-21-,26-22-,35-33-,36-34-,40-38-,45-41-,50-46-,57-53-/t77-,78+,79+/m0/s1. The Morgan fingerprint density at radius 1 is 0.284 bits per heavy atom. The van der Waals surface area contributed by atoms with Gasteiger partial charge in [-0.1, -0.05) is 310 Å². The van der Waals surface area contributed by atoms with Gasteiger partial charge in [-0.15, -0.1) is 0 Å². The van der Waals surface area contributed by atoms with Crippen LogP contribution in [0.4, 0.5) is 0 Å². The number of unbranched alkanes of at least 4 members (excludes halogenated alkanes) is 31. The van der Waals surface area contributed by atoms with Crippen molar-refractivity contribution in [2.45, 2.75) is 354 Å². The third-order valence-electron chi connectivity index (χ3n) is 16.8. The number of phosphoric acid groups is 2. The van der Waals surface area contributed by atoms with Crippen molar-refractivity contribution in [3.63, 3.8) is 0 Å². The van der Waals surface area contributed by atoms with Gasteiger partial charge >= 0.3 is 39.5 Å². The van der Waals surface area contributed by atoms with Crippen LogP contribution in [-0.4, -0.2) is 96.7 Å². The topological polar surface area (TPSA) is 237 Å². The number of esters is 4. The maximum absolute atomic E-state index is 13.1. The van der Waals surface area contributed by atoms with Gasteiger partial charge in [-0.25, -0.2) is 9.13 Å². The number of rotatable bonds is 75. The molecule has 19 heteroatoms. The predicted octanol–water partition coefficient (Wildman–Crippen LogP) is 23.3. The van der Waals surface area contributed by atoms with Gasteiger partial charge in [-0.05, 0) is 109 Å². The molecule has 0 fully saturated rings. The summed E-state index contributed by atoms with van der Waals surface area (Å²) >= 11 is 0. The van der Waals surface area contributed by atoms with E-state index in [0.717, 1.165) is 116 Å². The molecule has 588 valence electrons. The highest BCUT2D eigenvalue weighted by Crippen LogP contribution is 2.45. The van der Waals surface area contributed by atoms with Gasteiger partial charge in [0.15, 0.2) is 12.2 Å². The molecule has 0 aromatic rings. The lowest BCUT2D eigenvalue weighted by molar-refractivity contribution is -0.161. The molecule has 0 rings (SSSR count). The second-order valence-electron chi connectivity index (χ2n) is 26.6. The van der Waals surface area contributed by atoms with Crippen LogP contribution in [0.1, 0.15) is 336 Å². The lowest BCUT2D eigenvalue weighted by Gasteiger charge is -2.21. The second kappa shape index (κ2) is 75.0. The van der Waals surface area contributed by atoms with E-state index < -0.39 is 97.5 Å². The van der Waals surface area contributed by atoms with E-state index in [1.807, 2.05) is 12.2 Å². The van der Waals surface area contributed by atoms with Crippen molar-refractivity contribution in [3.8, 4) is 0 Å². The molecule has 2 unspecified atom stereocenters. The van der Waals surface area contributed by atoms with Crippen LogP contribution in [0.3, 0.4) is 0 Å². The molecule has 0 spiro atoms. The van der Waals surface area contributed by atoms with E-state index in [-0.39, 0.29) is 25.7 Å². The number of allylic oxidation sites excluding steroid dienone is 18. The van der Waals surface area contributed by atoms with Crippen molar-refractivity contribution in [1.82, 2.24) is 0 Å². The summed E-state index contributed by atoms with van der Waals surface area (Å²) < 4.78 is 68.5. The number of ether oxygens (including phenoxy) is 4. The number of carbonyl (C=O) groups is 4. The van der Waals surface area contributed by atoms with E-state index in [2.05, 4.69) is 125 Å². The summed E-state index contributed by atoms with van der Waals surface area (Å²) in [6.45, 7) is 4.67. The highest BCUT2D eigenvalue weighted by molar-refractivity contribution is 7.47. The van der Waals surface area contributed by atoms with E-state index in [0.29, 0.717) is 32.1 Å². The molecule has 5 atom stereocenters. The molecule has 0 aliphatic rings. The first-order valence-corrected chi connectivity index (χ1v) is 43.1. The molecule has 0 saturated carbocycles. The van der Waals surface area contributed by atoms with Crippen LogP contribution in [0.25, 0.3) is 0 Å². The van der Waals surface area contributed by atoms with Gasteiger partial charge in [0.2, 0.25) is 0 Å². The summed E-state index contributed by atoms with van der Waals surface area (Å²) in [7, 11) is -9.98. The molecule has 0 aliphatic heterocycles. The van der Waals surface area contributed by atoms with E-state index in [4.69, 9.17) is 37.0 Å². The molecular formula is C83H144O17P2. The van der Waals surface area contributed by atoms with Gasteiger partial charge in [0.05, 0.1) is 26.4 Å². The fourth-order valence-electron chi connectivity index (χ4n) is 10.7. The minimum absolute atomic E-state index is 0.0199. The Bertz CT molecular complexity index is 2360. The Balaban J connectivity index is 5.42. The summed E-state index contributed by atoms with van der Waals surface area (Å²) in [5.74, 6) is -2.26. The summed E-state index contributed by atoms with van der Waals surface area (Å²) in [6.07, 6.45) is 80.7. The summed E-state index contributed by atoms with van der Waals surface area (Å²) in [5.41, 5.74) is 0. The molecule has 17 nitrogen and oxygen atoms in total. The molecule has 0 aliphatic carbocycles. The molecule has 102 heavy (non-hydrogen) atoms. The van der Waals surface area contributed by atoms with Crippen LogP contribution in [0, 0.1) is 0 Å². The fraction of sp³-hybridized carbons (Fsp3) is 0.735. The van der Waals surface area contributed by atoms with Crippen LogP contribution in [-0.2, 0) is 65.4 Å². The fourth-order valence-corrected chi connectivity index (χ4v) is 12.2. The molecule has 0 aromatic carbocycles. The number of hydrogen-bond acceptors (Lipinski definition) is 15. The first kappa shape index (κ1) is 97.7.